The van der Waals surface area contributed by atoms with E-state index in [2.05, 4.69) is 20.9 Å². The van der Waals surface area contributed by atoms with Crippen molar-refractivity contribution in [3.05, 3.63) is 58.0 Å². The molecule has 0 aliphatic carbocycles. The van der Waals surface area contributed by atoms with Crippen LogP contribution in [0.2, 0.25) is 0 Å². The Morgan fingerprint density at radius 1 is 1.14 bits per heavy atom. The van der Waals surface area contributed by atoms with Gasteiger partial charge in [-0.15, -0.1) is 11.3 Å². The van der Waals surface area contributed by atoms with E-state index in [0.29, 0.717) is 0 Å². The van der Waals surface area contributed by atoms with Gasteiger partial charge in [0.05, 0.1) is 21.7 Å². The number of thiazole rings is 1. The van der Waals surface area contributed by atoms with Crippen molar-refractivity contribution in [3.8, 4) is 0 Å². The van der Waals surface area contributed by atoms with Crippen LogP contribution in [0.1, 0.15) is 5.01 Å². The molecule has 2 aromatic carbocycles. The van der Waals surface area contributed by atoms with E-state index in [1.165, 1.54) is 15.6 Å². The number of sulfonamides is 1. The Morgan fingerprint density at radius 3 is 2.50 bits per heavy atom. The average Bonchev–Trinajstić information content (AvgIpc) is 2.89. The van der Waals surface area contributed by atoms with Crippen LogP contribution in [0.3, 0.4) is 0 Å². The highest BCUT2D eigenvalue weighted by Gasteiger charge is 2.22. The third-order valence-electron chi connectivity index (χ3n) is 3.22. The van der Waals surface area contributed by atoms with Gasteiger partial charge in [-0.1, -0.05) is 28.1 Å². The molecule has 0 amide bonds. The molecule has 0 atom stereocenters. The Balaban J connectivity index is 1.86. The normalized spacial score (nSPS) is 12.1. The Hall–Kier alpha value is -1.28. The topological polar surface area (TPSA) is 50.3 Å². The number of aromatic nitrogens is 1. The minimum Gasteiger partial charge on any atom is -0.240 e. The fraction of sp³-hybridized carbons (Fsp3) is 0.133. The van der Waals surface area contributed by atoms with Crippen molar-refractivity contribution in [2.24, 2.45) is 0 Å². The van der Waals surface area contributed by atoms with E-state index in [0.717, 1.165) is 19.7 Å². The van der Waals surface area contributed by atoms with Gasteiger partial charge >= 0.3 is 0 Å². The fourth-order valence-electron chi connectivity index (χ4n) is 2.05. The number of hydrogen-bond donors (Lipinski definition) is 0. The van der Waals surface area contributed by atoms with E-state index in [1.54, 1.807) is 31.3 Å². The molecule has 0 fully saturated rings. The van der Waals surface area contributed by atoms with Crippen LogP contribution in [-0.4, -0.2) is 24.8 Å². The number of halogens is 1. The van der Waals surface area contributed by atoms with Gasteiger partial charge in [0.25, 0.3) is 0 Å². The maximum absolute atomic E-state index is 12.6. The van der Waals surface area contributed by atoms with Gasteiger partial charge in [-0.25, -0.2) is 13.4 Å². The second-order valence-electron chi connectivity index (χ2n) is 4.79. The molecule has 0 radical (unpaired) electrons. The fourth-order valence-corrected chi connectivity index (χ4v) is 4.55. The first-order valence-corrected chi connectivity index (χ1v) is 9.58. The Morgan fingerprint density at radius 2 is 1.82 bits per heavy atom. The van der Waals surface area contributed by atoms with E-state index >= 15 is 0 Å². The van der Waals surface area contributed by atoms with Crippen LogP contribution < -0.4 is 0 Å². The van der Waals surface area contributed by atoms with Gasteiger partial charge in [0.1, 0.15) is 5.01 Å². The first-order valence-electron chi connectivity index (χ1n) is 6.53. The summed E-state index contributed by atoms with van der Waals surface area (Å²) in [5, 5.41) is 0.782. The molecule has 3 aromatic rings. The lowest BCUT2D eigenvalue weighted by Gasteiger charge is -2.15. The monoisotopic (exact) mass is 396 g/mol. The number of rotatable bonds is 4. The molecule has 1 heterocycles. The van der Waals surface area contributed by atoms with Crippen molar-refractivity contribution in [3.63, 3.8) is 0 Å². The second-order valence-corrected chi connectivity index (χ2v) is 8.87. The van der Waals surface area contributed by atoms with E-state index < -0.39 is 10.0 Å². The summed E-state index contributed by atoms with van der Waals surface area (Å²) in [7, 11) is -1.94. The van der Waals surface area contributed by atoms with E-state index in [-0.39, 0.29) is 11.4 Å². The van der Waals surface area contributed by atoms with Crippen LogP contribution in [-0.2, 0) is 16.6 Å². The number of benzene rings is 2. The maximum atomic E-state index is 12.6. The summed E-state index contributed by atoms with van der Waals surface area (Å²) in [6, 6.07) is 14.4. The molecular formula is C15H13BrN2O2S2. The standard InChI is InChI=1S/C15H13BrN2O2S2/c1-18(22(19,20)12-8-6-11(16)7-9-12)10-15-17-13-4-2-3-5-14(13)21-15/h2-9H,10H2,1H3. The molecule has 0 saturated heterocycles. The highest BCUT2D eigenvalue weighted by atomic mass is 79.9. The number of para-hydroxylation sites is 1. The largest absolute Gasteiger partial charge is 0.243 e. The van der Waals surface area contributed by atoms with E-state index in [1.807, 2.05) is 24.3 Å². The molecule has 0 saturated carbocycles. The van der Waals surface area contributed by atoms with Crippen molar-refractivity contribution in [1.29, 1.82) is 0 Å². The van der Waals surface area contributed by atoms with Crippen molar-refractivity contribution in [1.82, 2.24) is 9.29 Å². The second kappa shape index (κ2) is 6.08. The highest BCUT2D eigenvalue weighted by Crippen LogP contribution is 2.24. The molecule has 3 rings (SSSR count). The zero-order valence-electron chi connectivity index (χ0n) is 11.7. The van der Waals surface area contributed by atoms with E-state index in [4.69, 9.17) is 0 Å². The van der Waals surface area contributed by atoms with Crippen LogP contribution in [0, 0.1) is 0 Å². The minimum absolute atomic E-state index is 0.262. The summed E-state index contributed by atoms with van der Waals surface area (Å²) in [6.07, 6.45) is 0. The smallest absolute Gasteiger partial charge is 0.240 e. The SMILES string of the molecule is CN(Cc1nc2ccccc2s1)S(=O)(=O)c1ccc(Br)cc1. The van der Waals surface area contributed by atoms with Crippen LogP contribution >= 0.6 is 27.3 Å². The van der Waals surface area contributed by atoms with Crippen molar-refractivity contribution in [2.45, 2.75) is 11.4 Å². The van der Waals surface area contributed by atoms with Crippen LogP contribution in [0.4, 0.5) is 0 Å². The first kappa shape index (κ1) is 15.6. The Labute approximate surface area is 141 Å². The Kier molecular flexibility index (Phi) is 4.31. The quantitative estimate of drug-likeness (QED) is 0.672. The molecule has 0 aliphatic heterocycles. The number of nitrogens with zero attached hydrogens (tertiary/aromatic N) is 2. The summed E-state index contributed by atoms with van der Waals surface area (Å²) in [4.78, 5) is 4.76. The molecule has 114 valence electrons. The lowest BCUT2D eigenvalue weighted by Crippen LogP contribution is -2.26. The number of fused-ring (bicyclic) bond motifs is 1. The summed E-state index contributed by atoms with van der Waals surface area (Å²) in [5.74, 6) is 0. The Bertz CT molecular complexity index is 872. The first-order chi connectivity index (χ1) is 10.5. The van der Waals surface area contributed by atoms with Crippen LogP contribution in [0.25, 0.3) is 10.2 Å². The summed E-state index contributed by atoms with van der Waals surface area (Å²) in [5.41, 5.74) is 0.900. The summed E-state index contributed by atoms with van der Waals surface area (Å²) < 4.78 is 28.3. The third kappa shape index (κ3) is 3.08. The van der Waals surface area contributed by atoms with E-state index in [9.17, 15) is 8.42 Å². The molecule has 0 aliphatic rings. The summed E-state index contributed by atoms with van der Waals surface area (Å²) in [6.45, 7) is 0.262. The molecule has 0 unspecified atom stereocenters. The molecule has 0 N–H and O–H groups in total. The van der Waals surface area contributed by atoms with Gasteiger partial charge in [-0.05, 0) is 36.4 Å². The lowest BCUT2D eigenvalue weighted by molar-refractivity contribution is 0.466. The molecule has 0 bridgehead atoms. The molecule has 4 nitrogen and oxygen atoms in total. The predicted octanol–water partition coefficient (Wildman–Crippen LogP) is 3.88. The van der Waals surface area contributed by atoms with Crippen molar-refractivity contribution < 1.29 is 8.42 Å². The molecule has 7 heteroatoms. The maximum Gasteiger partial charge on any atom is 0.243 e. The molecule has 1 aromatic heterocycles. The molecule has 0 spiro atoms. The van der Waals surface area contributed by atoms with Gasteiger partial charge in [-0.2, -0.15) is 4.31 Å². The molecule has 22 heavy (non-hydrogen) atoms. The van der Waals surface area contributed by atoms with Gasteiger partial charge < -0.3 is 0 Å². The third-order valence-corrected chi connectivity index (χ3v) is 6.59. The molecular weight excluding hydrogens is 384 g/mol. The van der Waals surface area contributed by atoms with Gasteiger partial charge in [0.2, 0.25) is 10.0 Å². The number of hydrogen-bond acceptors (Lipinski definition) is 4. The summed E-state index contributed by atoms with van der Waals surface area (Å²) >= 11 is 4.82. The van der Waals surface area contributed by atoms with Gasteiger partial charge in [0, 0.05) is 11.5 Å². The minimum atomic E-state index is -3.51. The van der Waals surface area contributed by atoms with Gasteiger partial charge in [0.15, 0.2) is 0 Å². The zero-order valence-corrected chi connectivity index (χ0v) is 15.0. The van der Waals surface area contributed by atoms with Gasteiger partial charge in [-0.3, -0.25) is 0 Å². The average molecular weight is 397 g/mol. The van der Waals surface area contributed by atoms with Crippen molar-refractivity contribution >= 4 is 47.5 Å². The van der Waals surface area contributed by atoms with Crippen LogP contribution in [0.5, 0.6) is 0 Å². The zero-order chi connectivity index (χ0) is 15.7. The predicted molar refractivity (Wildman–Crippen MR) is 92.4 cm³/mol. The van der Waals surface area contributed by atoms with Crippen molar-refractivity contribution in [2.75, 3.05) is 7.05 Å². The van der Waals surface area contributed by atoms with Crippen LogP contribution in [0.15, 0.2) is 57.9 Å². The lowest BCUT2D eigenvalue weighted by atomic mass is 10.3. The highest BCUT2D eigenvalue weighted by molar-refractivity contribution is 9.10.